The Labute approximate surface area is 107 Å². The second-order valence-corrected chi connectivity index (χ2v) is 3.75. The van der Waals surface area contributed by atoms with Gasteiger partial charge in [0.05, 0.1) is 32.1 Å². The van der Waals surface area contributed by atoms with Crippen LogP contribution in [0.25, 0.3) is 0 Å². The first kappa shape index (κ1) is 14.8. The van der Waals surface area contributed by atoms with Crippen LogP contribution in [0.4, 0.5) is 0 Å². The van der Waals surface area contributed by atoms with Gasteiger partial charge in [0.2, 0.25) is 0 Å². The van der Waals surface area contributed by atoms with Gasteiger partial charge in [-0.2, -0.15) is 4.98 Å². The largest absolute Gasteiger partial charge is 0.463 e. The van der Waals surface area contributed by atoms with E-state index in [0.29, 0.717) is 38.1 Å². The predicted molar refractivity (Wildman–Crippen MR) is 65.5 cm³/mol. The first-order chi connectivity index (χ1) is 8.76. The van der Waals surface area contributed by atoms with Crippen LogP contribution in [0.15, 0.2) is 6.07 Å². The average Bonchev–Trinajstić information content (AvgIpc) is 2.37. The number of aromatic nitrogens is 2. The summed E-state index contributed by atoms with van der Waals surface area (Å²) in [7, 11) is 1.64. The summed E-state index contributed by atoms with van der Waals surface area (Å²) in [5.41, 5.74) is 1.34. The molecule has 0 aliphatic heterocycles. The Balaban J connectivity index is 2.20. The third-order valence-electron chi connectivity index (χ3n) is 2.14. The minimum Gasteiger partial charge on any atom is -0.463 e. The van der Waals surface area contributed by atoms with Crippen LogP contribution in [0.2, 0.25) is 0 Å². The first-order valence-electron chi connectivity index (χ1n) is 5.91. The van der Waals surface area contributed by atoms with Gasteiger partial charge in [0.15, 0.2) is 0 Å². The topological polar surface area (TPSA) is 73.7 Å². The summed E-state index contributed by atoms with van der Waals surface area (Å²) in [6, 6.07) is 2.02. The van der Waals surface area contributed by atoms with Gasteiger partial charge in [-0.3, -0.25) is 0 Å². The number of hydrogen-bond acceptors (Lipinski definition) is 6. The lowest BCUT2D eigenvalue weighted by atomic mass is 10.3. The van der Waals surface area contributed by atoms with Crippen molar-refractivity contribution in [3.63, 3.8) is 0 Å². The normalized spacial score (nSPS) is 10.6. The molecular weight excluding hydrogens is 236 g/mol. The third kappa shape index (κ3) is 5.90. The van der Waals surface area contributed by atoms with E-state index in [-0.39, 0.29) is 6.61 Å². The minimum absolute atomic E-state index is 0.111. The molecule has 0 spiro atoms. The van der Waals surface area contributed by atoms with E-state index >= 15 is 0 Å². The number of aliphatic hydroxyl groups excluding tert-OH is 1. The van der Waals surface area contributed by atoms with E-state index in [1.807, 2.05) is 6.92 Å². The Morgan fingerprint density at radius 2 is 2.00 bits per heavy atom. The summed E-state index contributed by atoms with van der Waals surface area (Å²) in [5, 5.41) is 9.00. The molecule has 0 radical (unpaired) electrons. The fourth-order valence-corrected chi connectivity index (χ4v) is 1.32. The van der Waals surface area contributed by atoms with Gasteiger partial charge in [-0.15, -0.1) is 0 Å². The maximum Gasteiger partial charge on any atom is 0.316 e. The Hall–Kier alpha value is -1.24. The molecule has 0 fully saturated rings. The molecule has 0 unspecified atom stereocenters. The fraction of sp³-hybridized carbons (Fsp3) is 0.667. The highest BCUT2D eigenvalue weighted by atomic mass is 16.5. The van der Waals surface area contributed by atoms with Crippen LogP contribution in [0, 0.1) is 6.92 Å². The highest BCUT2D eigenvalue weighted by Crippen LogP contribution is 2.07. The molecule has 6 heteroatoms. The van der Waals surface area contributed by atoms with Gasteiger partial charge in [-0.25, -0.2) is 4.98 Å². The van der Waals surface area contributed by atoms with Crippen molar-refractivity contribution >= 4 is 0 Å². The van der Waals surface area contributed by atoms with Crippen molar-refractivity contribution in [1.82, 2.24) is 9.97 Å². The number of rotatable bonds is 9. The van der Waals surface area contributed by atoms with Gasteiger partial charge in [-0.05, 0) is 13.0 Å². The lowest BCUT2D eigenvalue weighted by Crippen LogP contribution is -2.08. The van der Waals surface area contributed by atoms with Gasteiger partial charge in [0.1, 0.15) is 0 Å². The molecular formula is C12H20N2O4. The molecule has 1 heterocycles. The number of hydrogen-bond donors (Lipinski definition) is 1. The Bertz CT molecular complexity index is 347. The van der Waals surface area contributed by atoms with Crippen LogP contribution < -0.4 is 4.74 Å². The number of methoxy groups -OCH3 is 1. The molecule has 0 saturated heterocycles. The SMILES string of the molecule is COCCOCCCOc1nc(C)cc(CO)n1. The molecule has 0 aromatic carbocycles. The van der Waals surface area contributed by atoms with Crippen molar-refractivity contribution in [2.24, 2.45) is 0 Å². The van der Waals surface area contributed by atoms with E-state index in [1.54, 1.807) is 13.2 Å². The van der Waals surface area contributed by atoms with Gasteiger partial charge < -0.3 is 19.3 Å². The van der Waals surface area contributed by atoms with Crippen molar-refractivity contribution in [2.45, 2.75) is 20.0 Å². The molecule has 0 aliphatic carbocycles. The molecule has 0 bridgehead atoms. The van der Waals surface area contributed by atoms with Crippen LogP contribution >= 0.6 is 0 Å². The highest BCUT2D eigenvalue weighted by molar-refractivity contribution is 5.11. The van der Waals surface area contributed by atoms with Crippen LogP contribution in [0.3, 0.4) is 0 Å². The van der Waals surface area contributed by atoms with Crippen molar-refractivity contribution in [3.05, 3.63) is 17.5 Å². The molecule has 0 saturated carbocycles. The van der Waals surface area contributed by atoms with Crippen molar-refractivity contribution in [2.75, 3.05) is 33.5 Å². The van der Waals surface area contributed by atoms with Crippen LogP contribution in [-0.4, -0.2) is 48.6 Å². The molecule has 0 atom stereocenters. The second-order valence-electron chi connectivity index (χ2n) is 3.75. The molecule has 1 rings (SSSR count). The minimum atomic E-state index is -0.111. The zero-order valence-electron chi connectivity index (χ0n) is 10.9. The standard InChI is InChI=1S/C12H20N2O4/c1-10-8-11(9-15)14-12(13-10)18-5-3-4-17-7-6-16-2/h8,15H,3-7,9H2,1-2H3. The quantitative estimate of drug-likeness (QED) is 0.656. The number of aliphatic hydroxyl groups is 1. The van der Waals surface area contributed by atoms with Gasteiger partial charge in [0, 0.05) is 25.8 Å². The van der Waals surface area contributed by atoms with Crippen LogP contribution in [-0.2, 0) is 16.1 Å². The Morgan fingerprint density at radius 1 is 1.17 bits per heavy atom. The van der Waals surface area contributed by atoms with E-state index in [1.165, 1.54) is 0 Å². The van der Waals surface area contributed by atoms with Gasteiger partial charge >= 0.3 is 6.01 Å². The number of nitrogens with zero attached hydrogens (tertiary/aromatic N) is 2. The summed E-state index contributed by atoms with van der Waals surface area (Å²) in [4.78, 5) is 8.18. The maximum absolute atomic E-state index is 9.00. The highest BCUT2D eigenvalue weighted by Gasteiger charge is 2.02. The fourth-order valence-electron chi connectivity index (χ4n) is 1.32. The van der Waals surface area contributed by atoms with Crippen molar-refractivity contribution < 1.29 is 19.3 Å². The number of aryl methyl sites for hydroxylation is 1. The lowest BCUT2D eigenvalue weighted by Gasteiger charge is -2.07. The van der Waals surface area contributed by atoms with Crippen molar-refractivity contribution in [1.29, 1.82) is 0 Å². The van der Waals surface area contributed by atoms with Crippen LogP contribution in [0.5, 0.6) is 6.01 Å². The van der Waals surface area contributed by atoms with E-state index in [0.717, 1.165) is 12.1 Å². The smallest absolute Gasteiger partial charge is 0.316 e. The molecule has 0 aliphatic rings. The third-order valence-corrected chi connectivity index (χ3v) is 2.14. The second kappa shape index (κ2) is 8.79. The van der Waals surface area contributed by atoms with E-state index in [4.69, 9.17) is 19.3 Å². The molecule has 1 aromatic rings. The molecule has 102 valence electrons. The zero-order chi connectivity index (χ0) is 13.2. The molecule has 0 amide bonds. The molecule has 1 aromatic heterocycles. The first-order valence-corrected chi connectivity index (χ1v) is 5.91. The number of ether oxygens (including phenoxy) is 3. The molecule has 18 heavy (non-hydrogen) atoms. The monoisotopic (exact) mass is 256 g/mol. The van der Waals surface area contributed by atoms with E-state index in [9.17, 15) is 0 Å². The summed E-state index contributed by atoms with van der Waals surface area (Å²) in [6.45, 7) is 4.01. The lowest BCUT2D eigenvalue weighted by molar-refractivity contribution is 0.0639. The molecule has 1 N–H and O–H groups in total. The van der Waals surface area contributed by atoms with E-state index in [2.05, 4.69) is 9.97 Å². The summed E-state index contributed by atoms with van der Waals surface area (Å²) in [5.74, 6) is 0. The summed E-state index contributed by atoms with van der Waals surface area (Å²) < 4.78 is 15.5. The van der Waals surface area contributed by atoms with Gasteiger partial charge in [-0.1, -0.05) is 0 Å². The summed E-state index contributed by atoms with van der Waals surface area (Å²) >= 11 is 0. The Morgan fingerprint density at radius 3 is 2.72 bits per heavy atom. The van der Waals surface area contributed by atoms with Crippen LogP contribution in [0.1, 0.15) is 17.8 Å². The van der Waals surface area contributed by atoms with Crippen molar-refractivity contribution in [3.8, 4) is 6.01 Å². The average molecular weight is 256 g/mol. The summed E-state index contributed by atoms with van der Waals surface area (Å²) in [6.07, 6.45) is 0.759. The maximum atomic E-state index is 9.00. The molecule has 6 nitrogen and oxygen atoms in total. The van der Waals surface area contributed by atoms with E-state index < -0.39 is 0 Å². The zero-order valence-corrected chi connectivity index (χ0v) is 10.9. The van der Waals surface area contributed by atoms with Gasteiger partial charge in [0.25, 0.3) is 0 Å². The predicted octanol–water partition coefficient (Wildman–Crippen LogP) is 0.709. The Kier molecular flexibility index (Phi) is 7.24.